The molecular formula is C19H33N9O6. The van der Waals surface area contributed by atoms with Gasteiger partial charge >= 0.3 is 5.97 Å². The van der Waals surface area contributed by atoms with Gasteiger partial charge in [0.05, 0.1) is 12.4 Å². The fourth-order valence-corrected chi connectivity index (χ4v) is 2.75. The van der Waals surface area contributed by atoms with Gasteiger partial charge in [-0.15, -0.1) is 0 Å². The summed E-state index contributed by atoms with van der Waals surface area (Å²) >= 11 is 0. The summed E-state index contributed by atoms with van der Waals surface area (Å²) in [6.45, 7) is 2.88. The van der Waals surface area contributed by atoms with Crippen LogP contribution >= 0.6 is 0 Å². The van der Waals surface area contributed by atoms with E-state index < -0.39 is 54.0 Å². The lowest BCUT2D eigenvalue weighted by atomic mass is 10.1. The van der Waals surface area contributed by atoms with E-state index in [-0.39, 0.29) is 25.3 Å². The summed E-state index contributed by atoms with van der Waals surface area (Å²) in [5.74, 6) is -3.61. The van der Waals surface area contributed by atoms with Gasteiger partial charge in [0.25, 0.3) is 0 Å². The zero-order valence-electron chi connectivity index (χ0n) is 19.0. The van der Waals surface area contributed by atoms with Gasteiger partial charge in [-0.2, -0.15) is 0 Å². The number of carboxylic acids is 1. The Labute approximate surface area is 195 Å². The van der Waals surface area contributed by atoms with E-state index in [9.17, 15) is 29.4 Å². The molecule has 190 valence electrons. The lowest BCUT2D eigenvalue weighted by Crippen LogP contribution is -2.57. The molecule has 1 rings (SSSR count). The first kappa shape index (κ1) is 28.3. The fourth-order valence-electron chi connectivity index (χ4n) is 2.75. The molecule has 1 aromatic rings. The minimum atomic E-state index is -1.27. The summed E-state index contributed by atoms with van der Waals surface area (Å²) in [5, 5.41) is 26.1. The van der Waals surface area contributed by atoms with Crippen molar-refractivity contribution in [2.75, 3.05) is 6.54 Å². The van der Waals surface area contributed by atoms with Gasteiger partial charge in [0, 0.05) is 24.9 Å². The average molecular weight is 484 g/mol. The lowest BCUT2D eigenvalue weighted by Gasteiger charge is -2.24. The summed E-state index contributed by atoms with van der Waals surface area (Å²) < 4.78 is 0. The topological polar surface area (TPSA) is 264 Å². The molecule has 0 aliphatic carbocycles. The van der Waals surface area contributed by atoms with Gasteiger partial charge < -0.3 is 48.3 Å². The number of rotatable bonds is 14. The third-order valence-electron chi connectivity index (χ3n) is 4.75. The average Bonchev–Trinajstić information content (AvgIpc) is 3.27. The molecule has 12 N–H and O–H groups in total. The van der Waals surface area contributed by atoms with Crippen molar-refractivity contribution in [3.8, 4) is 0 Å². The van der Waals surface area contributed by atoms with Gasteiger partial charge in [0.1, 0.15) is 24.2 Å². The summed E-state index contributed by atoms with van der Waals surface area (Å²) in [7, 11) is 0. The van der Waals surface area contributed by atoms with Crippen molar-refractivity contribution in [3.05, 3.63) is 18.2 Å². The number of amides is 3. The molecule has 34 heavy (non-hydrogen) atoms. The molecule has 0 fully saturated rings. The number of hydrogen-bond donors (Lipinski definition) is 9. The Morgan fingerprint density at radius 1 is 1.09 bits per heavy atom. The van der Waals surface area contributed by atoms with E-state index in [1.165, 1.54) is 26.4 Å². The van der Waals surface area contributed by atoms with Crippen molar-refractivity contribution < 1.29 is 29.4 Å². The maximum absolute atomic E-state index is 12.8. The van der Waals surface area contributed by atoms with E-state index in [2.05, 4.69) is 30.9 Å². The first-order chi connectivity index (χ1) is 15.9. The second-order valence-corrected chi connectivity index (χ2v) is 7.69. The summed E-state index contributed by atoms with van der Waals surface area (Å²) in [5.41, 5.74) is 16.7. The number of nitrogens with zero attached hydrogens (tertiary/aromatic N) is 2. The number of aromatic amines is 1. The zero-order chi connectivity index (χ0) is 25.8. The number of aliphatic carboxylic acids is 1. The molecule has 0 saturated heterocycles. The Bertz CT molecular complexity index is 854. The molecule has 1 heterocycles. The van der Waals surface area contributed by atoms with Crippen LogP contribution in [0, 0.1) is 0 Å². The molecule has 0 spiro atoms. The SMILES string of the molecule is CC(NC(=O)C(CCCN=C(N)N)NC(=O)C(N)C(C)O)C(=O)NC(Cc1cnc[nH]1)C(=O)O. The first-order valence-electron chi connectivity index (χ1n) is 10.5. The monoisotopic (exact) mass is 483 g/mol. The van der Waals surface area contributed by atoms with E-state index in [0.29, 0.717) is 12.1 Å². The second kappa shape index (κ2) is 13.7. The first-order valence-corrected chi connectivity index (χ1v) is 10.5. The summed E-state index contributed by atoms with van der Waals surface area (Å²) in [6.07, 6.45) is 2.03. The molecule has 1 aromatic heterocycles. The van der Waals surface area contributed by atoms with Gasteiger partial charge in [-0.25, -0.2) is 9.78 Å². The molecule has 5 unspecified atom stereocenters. The van der Waals surface area contributed by atoms with Crippen LogP contribution in [0.1, 0.15) is 32.4 Å². The quantitative estimate of drug-likeness (QED) is 0.0709. The predicted octanol–water partition coefficient (Wildman–Crippen LogP) is -3.73. The Balaban J connectivity index is 2.80. The maximum atomic E-state index is 12.8. The molecule has 0 saturated carbocycles. The normalized spacial score (nSPS) is 15.2. The molecule has 5 atom stereocenters. The van der Waals surface area contributed by atoms with Gasteiger partial charge in [-0.05, 0) is 26.7 Å². The third-order valence-corrected chi connectivity index (χ3v) is 4.75. The number of aliphatic imine (C=N–C) groups is 1. The maximum Gasteiger partial charge on any atom is 0.326 e. The second-order valence-electron chi connectivity index (χ2n) is 7.69. The van der Waals surface area contributed by atoms with Crippen LogP contribution in [0.15, 0.2) is 17.5 Å². The molecule has 3 amide bonds. The van der Waals surface area contributed by atoms with Crippen molar-refractivity contribution in [3.63, 3.8) is 0 Å². The number of guanidine groups is 1. The van der Waals surface area contributed by atoms with Crippen LogP contribution in [-0.4, -0.2) is 86.6 Å². The highest BCUT2D eigenvalue weighted by Gasteiger charge is 2.29. The Morgan fingerprint density at radius 3 is 2.26 bits per heavy atom. The lowest BCUT2D eigenvalue weighted by molar-refractivity contribution is -0.142. The predicted molar refractivity (Wildman–Crippen MR) is 121 cm³/mol. The Kier molecular flexibility index (Phi) is 11.4. The fraction of sp³-hybridized carbons (Fsp3) is 0.579. The number of nitrogens with one attached hydrogen (secondary N) is 4. The molecule has 15 nitrogen and oxygen atoms in total. The number of carbonyl (C=O) groups excluding carboxylic acids is 3. The number of aliphatic hydroxyl groups is 1. The third kappa shape index (κ3) is 9.83. The molecule has 0 bridgehead atoms. The number of carbonyl (C=O) groups is 4. The van der Waals surface area contributed by atoms with Crippen LogP contribution in [0.3, 0.4) is 0 Å². The number of nitrogens with two attached hydrogens (primary N) is 3. The number of carboxylic acid groups (broad SMARTS) is 1. The molecule has 0 aromatic carbocycles. The smallest absolute Gasteiger partial charge is 0.326 e. The number of aliphatic hydroxyl groups excluding tert-OH is 1. The van der Waals surface area contributed by atoms with E-state index in [0.717, 1.165) is 0 Å². The van der Waals surface area contributed by atoms with Gasteiger partial charge in [-0.3, -0.25) is 19.4 Å². The molecule has 15 heteroatoms. The molecule has 0 aliphatic heterocycles. The molecule has 0 aliphatic rings. The van der Waals surface area contributed by atoms with Crippen molar-refractivity contribution in [2.45, 2.75) is 63.4 Å². The van der Waals surface area contributed by atoms with Crippen molar-refractivity contribution >= 4 is 29.7 Å². The highest BCUT2D eigenvalue weighted by Crippen LogP contribution is 2.03. The summed E-state index contributed by atoms with van der Waals surface area (Å²) in [6, 6.07) is -4.76. The van der Waals surface area contributed by atoms with Crippen molar-refractivity contribution in [1.29, 1.82) is 0 Å². The van der Waals surface area contributed by atoms with Gasteiger partial charge in [-0.1, -0.05) is 0 Å². The number of imidazole rings is 1. The van der Waals surface area contributed by atoms with Gasteiger partial charge in [0.2, 0.25) is 17.7 Å². The van der Waals surface area contributed by atoms with Crippen LogP contribution in [0.5, 0.6) is 0 Å². The van der Waals surface area contributed by atoms with E-state index >= 15 is 0 Å². The minimum Gasteiger partial charge on any atom is -0.480 e. The number of hydrogen-bond acceptors (Lipinski definition) is 8. The Hall–Kier alpha value is -3.72. The minimum absolute atomic E-state index is 0.0392. The van der Waals surface area contributed by atoms with Crippen LogP contribution in [-0.2, 0) is 25.6 Å². The highest BCUT2D eigenvalue weighted by molar-refractivity contribution is 5.94. The van der Waals surface area contributed by atoms with Crippen LogP contribution in [0.2, 0.25) is 0 Å². The highest BCUT2D eigenvalue weighted by atomic mass is 16.4. The largest absolute Gasteiger partial charge is 0.480 e. The van der Waals surface area contributed by atoms with E-state index in [1.54, 1.807) is 0 Å². The van der Waals surface area contributed by atoms with Crippen LogP contribution in [0.4, 0.5) is 0 Å². The van der Waals surface area contributed by atoms with Crippen molar-refractivity contribution in [1.82, 2.24) is 25.9 Å². The van der Waals surface area contributed by atoms with E-state index in [1.807, 2.05) is 0 Å². The van der Waals surface area contributed by atoms with E-state index in [4.69, 9.17) is 17.2 Å². The number of aromatic nitrogens is 2. The standard InChI is InChI=1S/C19H33N9O6/c1-9(15(30)28-13(18(33)34)6-11-7-23-8-25-11)26-16(31)12(4-3-5-24-19(21)22)27-17(32)14(20)10(2)29/h7-10,12-14,29H,3-6,20H2,1-2H3,(H,23,25)(H,26,31)(H,27,32)(H,28,30)(H,33,34)(H4,21,22,24). The Morgan fingerprint density at radius 2 is 1.74 bits per heavy atom. The van der Waals surface area contributed by atoms with Gasteiger partial charge in [0.15, 0.2) is 5.96 Å². The van der Waals surface area contributed by atoms with Crippen LogP contribution < -0.4 is 33.2 Å². The number of H-pyrrole nitrogens is 1. The molecule has 0 radical (unpaired) electrons. The van der Waals surface area contributed by atoms with Crippen LogP contribution in [0.25, 0.3) is 0 Å². The zero-order valence-corrected chi connectivity index (χ0v) is 19.0. The summed E-state index contributed by atoms with van der Waals surface area (Å²) in [4.78, 5) is 59.4. The van der Waals surface area contributed by atoms with Crippen molar-refractivity contribution in [2.24, 2.45) is 22.2 Å². The molecular weight excluding hydrogens is 450 g/mol.